The fourth-order valence-electron chi connectivity index (χ4n) is 1.05. The Morgan fingerprint density at radius 3 is 2.85 bits per heavy atom. The lowest BCUT2D eigenvalue weighted by Gasteiger charge is -1.93. The largest absolute Gasteiger partial charge is 0.419 e. The van der Waals surface area contributed by atoms with Gasteiger partial charge in [-0.15, -0.1) is 0 Å². The van der Waals surface area contributed by atoms with Crippen LogP contribution in [-0.2, 0) is 0 Å². The van der Waals surface area contributed by atoms with Crippen LogP contribution < -0.4 is 11.3 Å². The number of aromatic amines is 1. The molecule has 0 aliphatic carbocycles. The van der Waals surface area contributed by atoms with Crippen LogP contribution in [0.1, 0.15) is 0 Å². The highest BCUT2D eigenvalue weighted by molar-refractivity contribution is 6.31. The van der Waals surface area contributed by atoms with Gasteiger partial charge in [-0.2, -0.15) is 0 Å². The summed E-state index contributed by atoms with van der Waals surface area (Å²) in [5, 5.41) is 0.693. The van der Waals surface area contributed by atoms with Crippen molar-refractivity contribution in [2.75, 3.05) is 0 Å². The fraction of sp³-hybridized carbons (Fsp3) is 0. The Morgan fingerprint density at radius 2 is 2.08 bits per heavy atom. The number of hydrogen-bond donors (Lipinski definition) is 1. The number of halogens is 1. The minimum Gasteiger partial charge on any atom is -0.409 e. The molecular weight excluding hydrogens is 194 g/mol. The van der Waals surface area contributed by atoms with Crippen LogP contribution in [0.4, 0.5) is 0 Å². The zero-order chi connectivity index (χ0) is 9.42. The highest BCUT2D eigenvalue weighted by atomic mass is 35.5. The first-order valence-corrected chi connectivity index (χ1v) is 3.87. The molecule has 0 fully saturated rings. The van der Waals surface area contributed by atoms with Gasteiger partial charge in [0, 0.05) is 5.02 Å². The van der Waals surface area contributed by atoms with Crippen molar-refractivity contribution in [1.29, 1.82) is 0 Å². The van der Waals surface area contributed by atoms with Crippen molar-refractivity contribution in [3.8, 4) is 0 Å². The number of H-pyrrole nitrogens is 1. The second-order valence-electron chi connectivity index (χ2n) is 2.48. The molecule has 0 saturated carbocycles. The van der Waals surface area contributed by atoms with Crippen molar-refractivity contribution >= 4 is 22.6 Å². The lowest BCUT2D eigenvalue weighted by molar-refractivity contribution is 0.528. The van der Waals surface area contributed by atoms with Gasteiger partial charge in [-0.25, -0.2) is 4.79 Å². The molecular formula is C8H4ClNO3. The smallest absolute Gasteiger partial charge is 0.409 e. The van der Waals surface area contributed by atoms with Gasteiger partial charge < -0.3 is 4.42 Å². The van der Waals surface area contributed by atoms with E-state index < -0.39 is 11.3 Å². The Hall–Kier alpha value is -1.55. The molecule has 0 radical (unpaired) electrons. The predicted octanol–water partition coefficient (Wildman–Crippen LogP) is 1.13. The number of fused-ring (bicyclic) bond motifs is 1. The molecule has 13 heavy (non-hydrogen) atoms. The van der Waals surface area contributed by atoms with Crippen LogP contribution in [0.3, 0.4) is 0 Å². The molecule has 0 spiro atoms. The van der Waals surface area contributed by atoms with E-state index in [2.05, 4.69) is 0 Å². The van der Waals surface area contributed by atoms with E-state index in [0.717, 1.165) is 0 Å². The van der Waals surface area contributed by atoms with E-state index in [4.69, 9.17) is 16.0 Å². The summed E-state index contributed by atoms with van der Waals surface area (Å²) in [5.74, 6) is -0.764. The molecule has 5 heteroatoms. The van der Waals surface area contributed by atoms with Gasteiger partial charge in [0.05, 0.1) is 5.39 Å². The molecule has 66 valence electrons. The Kier molecular flexibility index (Phi) is 1.70. The Labute approximate surface area is 76.8 Å². The second kappa shape index (κ2) is 2.74. The minimum absolute atomic E-state index is 0.234. The summed E-state index contributed by atoms with van der Waals surface area (Å²) in [6.07, 6.45) is 0. The lowest BCUT2D eigenvalue weighted by Crippen LogP contribution is -2.17. The van der Waals surface area contributed by atoms with Crippen molar-refractivity contribution < 1.29 is 4.42 Å². The van der Waals surface area contributed by atoms with E-state index in [1.165, 1.54) is 12.1 Å². The van der Waals surface area contributed by atoms with Crippen LogP contribution in [0.25, 0.3) is 11.0 Å². The summed E-state index contributed by atoms with van der Waals surface area (Å²) < 4.78 is 4.73. The van der Waals surface area contributed by atoms with E-state index in [1.807, 2.05) is 4.98 Å². The van der Waals surface area contributed by atoms with Crippen LogP contribution >= 0.6 is 11.6 Å². The third kappa shape index (κ3) is 1.36. The van der Waals surface area contributed by atoms with Gasteiger partial charge in [0.25, 0.3) is 5.56 Å². The quantitative estimate of drug-likeness (QED) is 0.689. The zero-order valence-electron chi connectivity index (χ0n) is 6.33. The first-order chi connectivity index (χ1) is 6.16. The summed E-state index contributed by atoms with van der Waals surface area (Å²) >= 11 is 5.66. The number of rotatable bonds is 0. The first kappa shape index (κ1) is 8.07. The number of nitrogens with one attached hydrogen (secondary N) is 1. The molecule has 0 unspecified atom stereocenters. The number of hydrogen-bond acceptors (Lipinski definition) is 3. The molecule has 4 nitrogen and oxygen atoms in total. The van der Waals surface area contributed by atoms with Crippen LogP contribution in [0, 0.1) is 0 Å². The molecule has 0 amide bonds. The van der Waals surface area contributed by atoms with E-state index in [1.54, 1.807) is 6.07 Å². The third-order valence-corrected chi connectivity index (χ3v) is 1.84. The standard InChI is InChI=1S/C8H4ClNO3/c9-4-1-2-6-5(3-4)7(11)10-8(12)13-6/h1-3H,(H,10,11,12). The summed E-state index contributed by atoms with van der Waals surface area (Å²) in [6.45, 7) is 0. The van der Waals surface area contributed by atoms with Crippen molar-refractivity contribution in [2.24, 2.45) is 0 Å². The fourth-order valence-corrected chi connectivity index (χ4v) is 1.23. The monoisotopic (exact) mass is 197 g/mol. The van der Waals surface area contributed by atoms with Crippen LogP contribution in [0.5, 0.6) is 0 Å². The van der Waals surface area contributed by atoms with Crippen LogP contribution in [-0.4, -0.2) is 4.98 Å². The summed E-state index contributed by atoms with van der Waals surface area (Å²) in [7, 11) is 0. The van der Waals surface area contributed by atoms with Crippen LogP contribution in [0.2, 0.25) is 5.02 Å². The second-order valence-corrected chi connectivity index (χ2v) is 2.92. The molecule has 0 aliphatic heterocycles. The highest BCUT2D eigenvalue weighted by Crippen LogP contribution is 2.13. The first-order valence-electron chi connectivity index (χ1n) is 3.49. The Morgan fingerprint density at radius 1 is 1.31 bits per heavy atom. The van der Waals surface area contributed by atoms with Crippen molar-refractivity contribution in [1.82, 2.24) is 4.98 Å². The molecule has 0 saturated heterocycles. The summed E-state index contributed by atoms with van der Waals surface area (Å²) in [6, 6.07) is 4.47. The number of aromatic nitrogens is 1. The average molecular weight is 198 g/mol. The van der Waals surface area contributed by atoms with Gasteiger partial charge in [-0.1, -0.05) is 11.6 Å². The van der Waals surface area contributed by atoms with Crippen molar-refractivity contribution in [3.05, 3.63) is 44.1 Å². The van der Waals surface area contributed by atoms with Gasteiger partial charge in [-0.3, -0.25) is 9.78 Å². The van der Waals surface area contributed by atoms with E-state index in [-0.39, 0.29) is 11.0 Å². The maximum atomic E-state index is 11.2. The van der Waals surface area contributed by atoms with E-state index in [9.17, 15) is 9.59 Å². The van der Waals surface area contributed by atoms with E-state index in [0.29, 0.717) is 5.02 Å². The van der Waals surface area contributed by atoms with Crippen molar-refractivity contribution in [2.45, 2.75) is 0 Å². The molecule has 0 aliphatic rings. The lowest BCUT2D eigenvalue weighted by atomic mass is 10.2. The highest BCUT2D eigenvalue weighted by Gasteiger charge is 2.02. The molecule has 2 aromatic rings. The molecule has 1 aromatic carbocycles. The molecule has 0 bridgehead atoms. The SMILES string of the molecule is O=c1[nH]c(=O)c2cc(Cl)ccc2o1. The molecule has 0 atom stereocenters. The van der Waals surface area contributed by atoms with E-state index >= 15 is 0 Å². The van der Waals surface area contributed by atoms with Gasteiger partial charge in [-0.05, 0) is 18.2 Å². The molecule has 1 aromatic heterocycles. The summed E-state index contributed by atoms with van der Waals surface area (Å²) in [4.78, 5) is 23.9. The predicted molar refractivity (Wildman–Crippen MR) is 48.1 cm³/mol. The Balaban J connectivity index is 3.04. The average Bonchev–Trinajstić information content (AvgIpc) is 2.06. The van der Waals surface area contributed by atoms with Gasteiger partial charge in [0.2, 0.25) is 0 Å². The molecule has 1 N–H and O–H groups in total. The summed E-state index contributed by atoms with van der Waals surface area (Å²) in [5.41, 5.74) is -0.257. The molecule has 2 rings (SSSR count). The third-order valence-electron chi connectivity index (χ3n) is 1.60. The maximum Gasteiger partial charge on any atom is 0.419 e. The Bertz CT molecular complexity index is 569. The zero-order valence-corrected chi connectivity index (χ0v) is 7.09. The van der Waals surface area contributed by atoms with Crippen LogP contribution in [0.15, 0.2) is 32.2 Å². The minimum atomic E-state index is -0.764. The van der Waals surface area contributed by atoms with Crippen molar-refractivity contribution in [3.63, 3.8) is 0 Å². The number of benzene rings is 1. The molecule has 1 heterocycles. The van der Waals surface area contributed by atoms with Gasteiger partial charge in [0.15, 0.2) is 0 Å². The normalized spacial score (nSPS) is 10.5. The topological polar surface area (TPSA) is 63.1 Å². The van der Waals surface area contributed by atoms with Gasteiger partial charge in [0.1, 0.15) is 5.58 Å². The van der Waals surface area contributed by atoms with Gasteiger partial charge >= 0.3 is 5.76 Å². The maximum absolute atomic E-state index is 11.2.